The summed E-state index contributed by atoms with van der Waals surface area (Å²) in [5.41, 5.74) is 19.8. The van der Waals surface area contributed by atoms with Crippen molar-refractivity contribution in [1.29, 1.82) is 0 Å². The van der Waals surface area contributed by atoms with Gasteiger partial charge in [0.05, 0.1) is 37.3 Å². The summed E-state index contributed by atoms with van der Waals surface area (Å²) in [6.45, 7) is 12.1. The van der Waals surface area contributed by atoms with Gasteiger partial charge in [-0.15, -0.1) is 0 Å². The Morgan fingerprint density at radius 2 is 0.463 bits per heavy atom. The predicted octanol–water partition coefficient (Wildman–Crippen LogP) is 21.3. The summed E-state index contributed by atoms with van der Waals surface area (Å²) in [6.07, 6.45) is 29.8. The van der Waals surface area contributed by atoms with Gasteiger partial charge in [0.15, 0.2) is 0 Å². The van der Waals surface area contributed by atoms with Crippen LogP contribution in [0.5, 0.6) is 23.0 Å². The molecule has 0 heterocycles. The van der Waals surface area contributed by atoms with E-state index < -0.39 is 10.8 Å². The summed E-state index contributed by atoms with van der Waals surface area (Å²) < 4.78 is 26.6. The second-order valence-corrected chi connectivity index (χ2v) is 23.8. The molecule has 0 atom stereocenters. The zero-order chi connectivity index (χ0) is 54.7. The van der Waals surface area contributed by atoms with Gasteiger partial charge in [0.25, 0.3) is 0 Å². The van der Waals surface area contributed by atoms with E-state index in [1.807, 2.05) is 0 Å². The van der Waals surface area contributed by atoms with Crippen molar-refractivity contribution in [3.8, 4) is 67.5 Å². The summed E-state index contributed by atoms with van der Waals surface area (Å²) in [4.78, 5) is 0. The molecule has 11 rings (SSSR count). The molecule has 4 aliphatic rings. The molecule has 4 heteroatoms. The maximum absolute atomic E-state index is 6.65. The lowest BCUT2D eigenvalue weighted by Gasteiger charge is -2.32. The summed E-state index contributed by atoms with van der Waals surface area (Å²) in [5, 5.41) is 0. The minimum absolute atomic E-state index is 0.540. The minimum atomic E-state index is -0.540. The second-order valence-electron chi connectivity index (χ2n) is 23.8. The van der Waals surface area contributed by atoms with Crippen molar-refractivity contribution in [2.24, 2.45) is 0 Å². The van der Waals surface area contributed by atoms with Crippen LogP contribution in [0.1, 0.15) is 226 Å². The van der Waals surface area contributed by atoms with Crippen LogP contribution < -0.4 is 18.9 Å². The molecule has 4 aliphatic carbocycles. The topological polar surface area (TPSA) is 36.9 Å². The molecule has 7 aromatic rings. The Kier molecular flexibility index (Phi) is 18.2. The van der Waals surface area contributed by atoms with Crippen LogP contribution in [0.3, 0.4) is 0 Å². The molecule has 0 bridgehead atoms. The van der Waals surface area contributed by atoms with Gasteiger partial charge in [0.2, 0.25) is 0 Å². The van der Waals surface area contributed by atoms with Gasteiger partial charge in [-0.1, -0.05) is 229 Å². The summed E-state index contributed by atoms with van der Waals surface area (Å²) in [5.74, 6) is 3.78. The van der Waals surface area contributed by atoms with Crippen LogP contribution in [0, 0.1) is 0 Å². The minimum Gasteiger partial charge on any atom is -0.494 e. The fourth-order valence-corrected chi connectivity index (χ4v) is 14.4. The third kappa shape index (κ3) is 10.6. The smallest absolute Gasteiger partial charge is 0.119 e. The molecule has 80 heavy (non-hydrogen) atoms. The van der Waals surface area contributed by atoms with E-state index in [0.29, 0.717) is 0 Å². The van der Waals surface area contributed by atoms with E-state index in [1.54, 1.807) is 0 Å². The Hall–Kier alpha value is -6.26. The first-order chi connectivity index (χ1) is 39.6. The fraction of sp³-hybridized carbons (Fsp3) is 0.447. The first kappa shape index (κ1) is 55.6. The number of rotatable bonds is 32. The average Bonchev–Trinajstić information content (AvgIpc) is 4.31. The molecular weight excluding hydrogens is 977 g/mol. The Bertz CT molecular complexity index is 2860. The highest BCUT2D eigenvalue weighted by atomic mass is 16.5. The van der Waals surface area contributed by atoms with Crippen molar-refractivity contribution in [1.82, 2.24) is 0 Å². The zero-order valence-corrected chi connectivity index (χ0v) is 49.1. The average molecular weight is 1070 g/mol. The number of fused-ring (bicyclic) bond motifs is 20. The van der Waals surface area contributed by atoms with E-state index >= 15 is 0 Å². The molecule has 0 radical (unpaired) electrons. The first-order valence-corrected chi connectivity index (χ1v) is 32.1. The number of unbranched alkanes of at least 4 members (excludes halogenated alkanes) is 20. The largest absolute Gasteiger partial charge is 0.494 e. The van der Waals surface area contributed by atoms with Crippen LogP contribution in [0.25, 0.3) is 44.5 Å². The SMILES string of the molecule is CCCCCCCCOc1ccc2c(c1)-c1cc(OCCCCCCCC)ccc1C21c2ccccc2-c2cc3c(cc21)-c1ccccc1C31c2ccc(OCCCCCCCC)cc2-c2cc(OCCCCCCCC)ccc21. The normalized spacial score (nSPS) is 13.8. The Morgan fingerprint density at radius 3 is 0.750 bits per heavy atom. The van der Waals surface area contributed by atoms with Crippen LogP contribution >= 0.6 is 0 Å². The molecule has 0 saturated heterocycles. The highest BCUT2D eigenvalue weighted by Crippen LogP contribution is 2.68. The molecule has 0 saturated carbocycles. The van der Waals surface area contributed by atoms with Crippen LogP contribution in [-0.2, 0) is 10.8 Å². The number of hydrogen-bond donors (Lipinski definition) is 0. The van der Waals surface area contributed by atoms with Gasteiger partial charge in [-0.05, 0) is 175 Å². The second kappa shape index (κ2) is 26.1. The van der Waals surface area contributed by atoms with Gasteiger partial charge >= 0.3 is 0 Å². The maximum Gasteiger partial charge on any atom is 0.119 e. The third-order valence-corrected chi connectivity index (χ3v) is 18.4. The predicted molar refractivity (Wildman–Crippen MR) is 335 cm³/mol. The lowest BCUT2D eigenvalue weighted by atomic mass is 9.68. The molecular formula is C76H90O4. The lowest BCUT2D eigenvalue weighted by Crippen LogP contribution is -2.27. The summed E-state index contributed by atoms with van der Waals surface area (Å²) >= 11 is 0. The van der Waals surface area contributed by atoms with E-state index in [-0.39, 0.29) is 0 Å². The molecule has 0 N–H and O–H groups in total. The fourth-order valence-electron chi connectivity index (χ4n) is 14.4. The Balaban J connectivity index is 1.01. The molecule has 4 nitrogen and oxygen atoms in total. The van der Waals surface area contributed by atoms with Gasteiger partial charge in [0, 0.05) is 0 Å². The summed E-state index contributed by atoms with van der Waals surface area (Å²) in [6, 6.07) is 51.8. The highest BCUT2D eigenvalue weighted by molar-refractivity contribution is 6.01. The van der Waals surface area contributed by atoms with E-state index in [4.69, 9.17) is 18.9 Å². The van der Waals surface area contributed by atoms with Gasteiger partial charge < -0.3 is 18.9 Å². The van der Waals surface area contributed by atoms with Crippen molar-refractivity contribution >= 4 is 0 Å². The number of ether oxygens (including phenoxy) is 4. The van der Waals surface area contributed by atoms with Gasteiger partial charge in [-0.25, -0.2) is 0 Å². The Morgan fingerprint density at radius 1 is 0.225 bits per heavy atom. The molecule has 0 amide bonds. The monoisotopic (exact) mass is 1070 g/mol. The van der Waals surface area contributed by atoms with Crippen LogP contribution in [-0.4, -0.2) is 26.4 Å². The third-order valence-electron chi connectivity index (χ3n) is 18.4. The molecule has 7 aromatic carbocycles. The molecule has 418 valence electrons. The maximum atomic E-state index is 6.65. The number of hydrogen-bond acceptors (Lipinski definition) is 4. The first-order valence-electron chi connectivity index (χ1n) is 32.1. The zero-order valence-electron chi connectivity index (χ0n) is 49.1. The van der Waals surface area contributed by atoms with Gasteiger partial charge in [-0.3, -0.25) is 0 Å². The molecule has 0 fully saturated rings. The van der Waals surface area contributed by atoms with Crippen LogP contribution in [0.2, 0.25) is 0 Å². The van der Waals surface area contributed by atoms with E-state index in [2.05, 4.69) is 161 Å². The van der Waals surface area contributed by atoms with Crippen molar-refractivity contribution in [3.63, 3.8) is 0 Å². The van der Waals surface area contributed by atoms with Crippen LogP contribution in [0.15, 0.2) is 133 Å². The number of benzene rings is 7. The van der Waals surface area contributed by atoms with E-state index in [9.17, 15) is 0 Å². The summed E-state index contributed by atoms with van der Waals surface area (Å²) in [7, 11) is 0. The standard InChI is InChI=1S/C76H90O4/c1-5-9-13-17-21-29-45-77-55-37-41-69-61(49-55)62-50-56(78-46-30-22-18-14-10-6-2)38-42-70(62)75(69)67-35-27-25-33-59(67)65-54-74-66(53-73(65)75)60-34-26-28-36-68(60)76(74)71-43-39-57(79-47-31-23-19-15-11-7-3)51-63(71)64-52-58(40-44-72(64)76)80-48-32-24-20-16-12-8-4/h25-28,33-44,49-54H,5-24,29-32,45-48H2,1-4H3. The van der Waals surface area contributed by atoms with E-state index in [1.165, 1.54) is 217 Å². The molecule has 0 aliphatic heterocycles. The van der Waals surface area contributed by atoms with Crippen molar-refractivity contribution in [2.45, 2.75) is 193 Å². The van der Waals surface area contributed by atoms with Gasteiger partial charge in [-0.2, -0.15) is 0 Å². The van der Waals surface area contributed by atoms with Crippen LogP contribution in [0.4, 0.5) is 0 Å². The van der Waals surface area contributed by atoms with E-state index in [0.717, 1.165) is 75.1 Å². The highest BCUT2D eigenvalue weighted by Gasteiger charge is 2.56. The molecule has 2 spiro atoms. The van der Waals surface area contributed by atoms with Gasteiger partial charge in [0.1, 0.15) is 23.0 Å². The van der Waals surface area contributed by atoms with Crippen molar-refractivity contribution in [3.05, 3.63) is 178 Å². The molecule has 0 aromatic heterocycles. The Labute approximate surface area is 481 Å². The van der Waals surface area contributed by atoms with Crippen molar-refractivity contribution < 1.29 is 18.9 Å². The quantitative estimate of drug-likeness (QED) is 0.0394. The molecule has 0 unspecified atom stereocenters. The van der Waals surface area contributed by atoms with Crippen molar-refractivity contribution in [2.75, 3.05) is 26.4 Å². The lowest BCUT2D eigenvalue weighted by molar-refractivity contribution is 0.304.